The van der Waals surface area contributed by atoms with Crippen molar-refractivity contribution in [2.75, 3.05) is 0 Å². The van der Waals surface area contributed by atoms with E-state index in [4.69, 9.17) is 4.74 Å². The van der Waals surface area contributed by atoms with Gasteiger partial charge < -0.3 is 9.64 Å². The van der Waals surface area contributed by atoms with Crippen molar-refractivity contribution in [3.63, 3.8) is 0 Å². The molecule has 0 aliphatic carbocycles. The summed E-state index contributed by atoms with van der Waals surface area (Å²) >= 11 is 0. The highest BCUT2D eigenvalue weighted by Gasteiger charge is 2.20. The van der Waals surface area contributed by atoms with E-state index in [1.54, 1.807) is 6.26 Å². The Bertz CT molecular complexity index is 218. The quantitative estimate of drug-likeness (QED) is 0.561. The molecule has 1 atom stereocenters. The van der Waals surface area contributed by atoms with E-state index in [0.29, 0.717) is 0 Å². The molecule has 1 unspecified atom stereocenters. The molecule has 0 spiro atoms. The van der Waals surface area contributed by atoms with Gasteiger partial charge in [-0.3, -0.25) is 0 Å². The van der Waals surface area contributed by atoms with E-state index in [9.17, 15) is 0 Å². The predicted octanol–water partition coefficient (Wildman–Crippen LogP) is 2.23. The standard InChI is InChI=1S/C9H13NO/c1-7(2)9-10(8(3)4)5-6-11-9/h5-6,9H,1,3H2,2,4H3. The van der Waals surface area contributed by atoms with Gasteiger partial charge in [0.05, 0.1) is 0 Å². The first-order valence-corrected chi connectivity index (χ1v) is 3.54. The first-order chi connectivity index (χ1) is 5.13. The maximum atomic E-state index is 5.27. The zero-order valence-corrected chi connectivity index (χ0v) is 7.00. The van der Waals surface area contributed by atoms with Crippen LogP contribution in [0.4, 0.5) is 0 Å². The molecule has 0 aromatic rings. The van der Waals surface area contributed by atoms with Crippen molar-refractivity contribution in [2.24, 2.45) is 0 Å². The van der Waals surface area contributed by atoms with Crippen LogP contribution in [-0.2, 0) is 4.74 Å². The molecule has 0 N–H and O–H groups in total. The van der Waals surface area contributed by atoms with E-state index in [0.717, 1.165) is 11.3 Å². The molecule has 0 bridgehead atoms. The lowest BCUT2D eigenvalue weighted by Crippen LogP contribution is -2.26. The summed E-state index contributed by atoms with van der Waals surface area (Å²) < 4.78 is 5.27. The molecule has 0 saturated heterocycles. The van der Waals surface area contributed by atoms with E-state index in [-0.39, 0.29) is 6.23 Å². The van der Waals surface area contributed by atoms with Crippen molar-refractivity contribution in [1.29, 1.82) is 0 Å². The fourth-order valence-electron chi connectivity index (χ4n) is 1.000. The summed E-state index contributed by atoms with van der Waals surface area (Å²) in [7, 11) is 0. The van der Waals surface area contributed by atoms with Gasteiger partial charge in [-0.1, -0.05) is 13.2 Å². The minimum Gasteiger partial charge on any atom is -0.472 e. The van der Waals surface area contributed by atoms with Crippen molar-refractivity contribution in [2.45, 2.75) is 20.1 Å². The van der Waals surface area contributed by atoms with Gasteiger partial charge in [0, 0.05) is 11.9 Å². The molecule has 1 aliphatic rings. The van der Waals surface area contributed by atoms with Gasteiger partial charge in [-0.25, -0.2) is 0 Å². The molecular weight excluding hydrogens is 138 g/mol. The summed E-state index contributed by atoms with van der Waals surface area (Å²) in [6, 6.07) is 0. The molecule has 1 heterocycles. The number of hydrogen-bond donors (Lipinski definition) is 0. The molecule has 0 fully saturated rings. The minimum atomic E-state index is -0.0486. The van der Waals surface area contributed by atoms with Gasteiger partial charge in [0.1, 0.15) is 6.26 Å². The van der Waals surface area contributed by atoms with Gasteiger partial charge in [0.15, 0.2) is 6.23 Å². The Balaban J connectivity index is 2.71. The Morgan fingerprint density at radius 3 is 2.45 bits per heavy atom. The predicted molar refractivity (Wildman–Crippen MR) is 45.5 cm³/mol. The lowest BCUT2D eigenvalue weighted by atomic mass is 10.3. The van der Waals surface area contributed by atoms with Gasteiger partial charge >= 0.3 is 0 Å². The molecule has 1 aliphatic heterocycles. The molecule has 2 nitrogen and oxygen atoms in total. The van der Waals surface area contributed by atoms with E-state index in [2.05, 4.69) is 13.2 Å². The van der Waals surface area contributed by atoms with Crippen LogP contribution in [0.3, 0.4) is 0 Å². The first-order valence-electron chi connectivity index (χ1n) is 3.54. The lowest BCUT2D eigenvalue weighted by Gasteiger charge is -2.23. The van der Waals surface area contributed by atoms with Gasteiger partial charge in [0.25, 0.3) is 0 Å². The normalized spacial score (nSPS) is 21.6. The third-order valence-electron chi connectivity index (χ3n) is 1.54. The third kappa shape index (κ3) is 1.45. The van der Waals surface area contributed by atoms with Crippen LogP contribution in [0.1, 0.15) is 13.8 Å². The Kier molecular flexibility index (Phi) is 2.03. The van der Waals surface area contributed by atoms with Gasteiger partial charge in [-0.2, -0.15) is 0 Å². The summed E-state index contributed by atoms with van der Waals surface area (Å²) in [6.07, 6.45) is 3.47. The lowest BCUT2D eigenvalue weighted by molar-refractivity contribution is 0.111. The molecule has 0 saturated carbocycles. The van der Waals surface area contributed by atoms with Crippen molar-refractivity contribution >= 4 is 0 Å². The largest absolute Gasteiger partial charge is 0.472 e. The van der Waals surface area contributed by atoms with Crippen LogP contribution < -0.4 is 0 Å². The molecule has 60 valence electrons. The SMILES string of the molecule is C=C(C)C1OC=CN1C(=C)C. The minimum absolute atomic E-state index is 0.0486. The Morgan fingerprint density at radius 1 is 1.45 bits per heavy atom. The fourth-order valence-corrected chi connectivity index (χ4v) is 1.000. The fraction of sp³-hybridized carbons (Fsp3) is 0.333. The molecule has 0 aromatic carbocycles. The topological polar surface area (TPSA) is 12.5 Å². The van der Waals surface area contributed by atoms with Crippen LogP contribution in [0.25, 0.3) is 0 Å². The smallest absolute Gasteiger partial charge is 0.196 e. The first kappa shape index (κ1) is 7.92. The van der Waals surface area contributed by atoms with Crippen LogP contribution in [-0.4, -0.2) is 11.1 Å². The molecular formula is C9H13NO. The van der Waals surface area contributed by atoms with E-state index in [1.165, 1.54) is 0 Å². The molecule has 0 amide bonds. The second-order valence-electron chi connectivity index (χ2n) is 2.76. The number of allylic oxidation sites excluding steroid dienone is 1. The number of nitrogens with zero attached hydrogens (tertiary/aromatic N) is 1. The Hall–Kier alpha value is -1.18. The summed E-state index contributed by atoms with van der Waals surface area (Å²) in [5.41, 5.74) is 1.95. The Morgan fingerprint density at radius 2 is 2.09 bits per heavy atom. The highest BCUT2D eigenvalue weighted by Crippen LogP contribution is 2.20. The number of hydrogen-bond acceptors (Lipinski definition) is 2. The van der Waals surface area contributed by atoms with Crippen molar-refractivity contribution in [1.82, 2.24) is 4.90 Å². The van der Waals surface area contributed by atoms with E-state index in [1.807, 2.05) is 24.9 Å². The average molecular weight is 151 g/mol. The molecule has 0 aromatic heterocycles. The summed E-state index contributed by atoms with van der Waals surface area (Å²) in [5, 5.41) is 0. The molecule has 2 heteroatoms. The van der Waals surface area contributed by atoms with Gasteiger partial charge in [0.2, 0.25) is 0 Å². The van der Waals surface area contributed by atoms with Crippen molar-refractivity contribution in [3.05, 3.63) is 36.9 Å². The molecule has 0 radical (unpaired) electrons. The maximum absolute atomic E-state index is 5.27. The summed E-state index contributed by atoms with van der Waals surface area (Å²) in [4.78, 5) is 1.95. The molecule has 1 rings (SSSR count). The second-order valence-corrected chi connectivity index (χ2v) is 2.76. The van der Waals surface area contributed by atoms with Crippen LogP contribution in [0, 0.1) is 0 Å². The van der Waals surface area contributed by atoms with Crippen molar-refractivity contribution in [3.8, 4) is 0 Å². The van der Waals surface area contributed by atoms with Crippen LogP contribution in [0.5, 0.6) is 0 Å². The van der Waals surface area contributed by atoms with E-state index >= 15 is 0 Å². The zero-order valence-electron chi connectivity index (χ0n) is 7.00. The Labute approximate surface area is 67.5 Å². The average Bonchev–Trinajstić information content (AvgIpc) is 2.32. The zero-order chi connectivity index (χ0) is 8.43. The number of ether oxygens (including phenoxy) is 1. The van der Waals surface area contributed by atoms with Gasteiger partial charge in [-0.05, 0) is 19.4 Å². The van der Waals surface area contributed by atoms with Crippen LogP contribution in [0.15, 0.2) is 36.9 Å². The van der Waals surface area contributed by atoms with Crippen LogP contribution >= 0.6 is 0 Å². The van der Waals surface area contributed by atoms with Gasteiger partial charge in [-0.15, -0.1) is 0 Å². The second kappa shape index (κ2) is 2.82. The maximum Gasteiger partial charge on any atom is 0.196 e. The summed E-state index contributed by atoms with van der Waals surface area (Å²) in [6.45, 7) is 11.5. The highest BCUT2D eigenvalue weighted by molar-refractivity contribution is 5.11. The van der Waals surface area contributed by atoms with Crippen LogP contribution in [0.2, 0.25) is 0 Å². The van der Waals surface area contributed by atoms with E-state index < -0.39 is 0 Å². The number of rotatable bonds is 2. The highest BCUT2D eigenvalue weighted by atomic mass is 16.5. The van der Waals surface area contributed by atoms with Crippen molar-refractivity contribution < 1.29 is 4.74 Å². The third-order valence-corrected chi connectivity index (χ3v) is 1.54. The monoisotopic (exact) mass is 151 g/mol. The molecule has 11 heavy (non-hydrogen) atoms. The summed E-state index contributed by atoms with van der Waals surface area (Å²) in [5.74, 6) is 0.